The lowest BCUT2D eigenvalue weighted by Gasteiger charge is -2.05. The predicted molar refractivity (Wildman–Crippen MR) is 55.8 cm³/mol. The molecular weight excluding hydrogens is 177 g/mol. The summed E-state index contributed by atoms with van der Waals surface area (Å²) >= 11 is 0. The molecule has 1 nitrogen and oxygen atoms in total. The van der Waals surface area contributed by atoms with Crippen LogP contribution in [0.25, 0.3) is 10.9 Å². The number of hydrogen-bond acceptors (Lipinski definition) is 1. The van der Waals surface area contributed by atoms with Gasteiger partial charge in [0.2, 0.25) is 0 Å². The molecule has 0 saturated heterocycles. The minimum atomic E-state index is -0.234. The van der Waals surface area contributed by atoms with E-state index in [-0.39, 0.29) is 5.82 Å². The summed E-state index contributed by atoms with van der Waals surface area (Å²) in [5, 5.41) is 0.998. The van der Waals surface area contributed by atoms with Crippen molar-refractivity contribution in [3.05, 3.63) is 41.8 Å². The molecule has 72 valence electrons. The highest BCUT2D eigenvalue weighted by atomic mass is 19.1. The van der Waals surface area contributed by atoms with Crippen LogP contribution in [0.5, 0.6) is 0 Å². The van der Waals surface area contributed by atoms with E-state index in [1.807, 2.05) is 6.20 Å². The zero-order chi connectivity index (χ0) is 10.1. The van der Waals surface area contributed by atoms with Gasteiger partial charge in [-0.2, -0.15) is 0 Å². The van der Waals surface area contributed by atoms with Crippen molar-refractivity contribution in [2.24, 2.45) is 0 Å². The number of nitrogens with zero attached hydrogens (tertiary/aromatic N) is 1. The first-order chi connectivity index (χ1) is 6.66. The minimum Gasteiger partial charge on any atom is -0.256 e. The van der Waals surface area contributed by atoms with Gasteiger partial charge in [0, 0.05) is 17.6 Å². The van der Waals surface area contributed by atoms with Gasteiger partial charge in [0.25, 0.3) is 0 Å². The molecule has 1 aromatic heterocycles. The van der Waals surface area contributed by atoms with E-state index in [1.165, 1.54) is 17.7 Å². The molecule has 0 aliphatic heterocycles. The van der Waals surface area contributed by atoms with E-state index in [0.717, 1.165) is 10.9 Å². The minimum absolute atomic E-state index is 0.234. The second-order valence-electron chi connectivity index (χ2n) is 3.76. The molecule has 0 saturated carbocycles. The van der Waals surface area contributed by atoms with E-state index in [9.17, 15) is 4.39 Å². The summed E-state index contributed by atoms with van der Waals surface area (Å²) in [6, 6.07) is 6.75. The van der Waals surface area contributed by atoms with Crippen LogP contribution in [0.1, 0.15) is 25.3 Å². The normalized spacial score (nSPS) is 11.1. The number of pyridine rings is 1. The molecule has 0 radical (unpaired) electrons. The molecule has 0 spiro atoms. The van der Waals surface area contributed by atoms with Crippen molar-refractivity contribution in [2.75, 3.05) is 0 Å². The first kappa shape index (κ1) is 9.13. The highest BCUT2D eigenvalue weighted by Crippen LogP contribution is 2.19. The first-order valence-electron chi connectivity index (χ1n) is 4.72. The Kier molecular flexibility index (Phi) is 2.20. The summed E-state index contributed by atoms with van der Waals surface area (Å²) in [5.74, 6) is 0.222. The van der Waals surface area contributed by atoms with Crippen LogP contribution >= 0.6 is 0 Å². The van der Waals surface area contributed by atoms with Gasteiger partial charge in [-0.25, -0.2) is 4.39 Å². The summed E-state index contributed by atoms with van der Waals surface area (Å²) < 4.78 is 12.9. The Morgan fingerprint density at radius 3 is 2.71 bits per heavy atom. The molecule has 0 unspecified atom stereocenters. The second kappa shape index (κ2) is 3.37. The SMILES string of the molecule is CC(C)c1cnc2cc(F)ccc2c1. The summed E-state index contributed by atoms with van der Waals surface area (Å²) in [7, 11) is 0. The van der Waals surface area contributed by atoms with Crippen LogP contribution in [-0.2, 0) is 0 Å². The molecule has 1 aromatic carbocycles. The molecule has 2 rings (SSSR count). The Morgan fingerprint density at radius 1 is 1.21 bits per heavy atom. The smallest absolute Gasteiger partial charge is 0.125 e. The van der Waals surface area contributed by atoms with Gasteiger partial charge in [0.15, 0.2) is 0 Å². The lowest BCUT2D eigenvalue weighted by Crippen LogP contribution is -1.89. The van der Waals surface area contributed by atoms with Gasteiger partial charge in [-0.05, 0) is 29.7 Å². The largest absolute Gasteiger partial charge is 0.256 e. The molecule has 0 aliphatic carbocycles. The van der Waals surface area contributed by atoms with Crippen molar-refractivity contribution in [3.8, 4) is 0 Å². The standard InChI is InChI=1S/C12H12FN/c1-8(2)10-5-9-3-4-11(13)6-12(9)14-7-10/h3-8H,1-2H3. The van der Waals surface area contributed by atoms with Crippen molar-refractivity contribution in [3.63, 3.8) is 0 Å². The molecule has 14 heavy (non-hydrogen) atoms. The van der Waals surface area contributed by atoms with Gasteiger partial charge >= 0.3 is 0 Å². The lowest BCUT2D eigenvalue weighted by atomic mass is 10.0. The summed E-state index contributed by atoms with van der Waals surface area (Å²) in [4.78, 5) is 4.22. The van der Waals surface area contributed by atoms with Crippen LogP contribution in [0.4, 0.5) is 4.39 Å². The maximum atomic E-state index is 12.9. The van der Waals surface area contributed by atoms with Crippen LogP contribution in [0.3, 0.4) is 0 Å². The molecule has 2 heteroatoms. The fourth-order valence-electron chi connectivity index (χ4n) is 1.43. The Morgan fingerprint density at radius 2 is 2.00 bits per heavy atom. The molecule has 0 aliphatic rings. The molecule has 0 fully saturated rings. The Balaban J connectivity index is 2.62. The zero-order valence-electron chi connectivity index (χ0n) is 8.29. The van der Waals surface area contributed by atoms with Gasteiger partial charge in [0.1, 0.15) is 5.82 Å². The van der Waals surface area contributed by atoms with Crippen LogP contribution in [0.15, 0.2) is 30.5 Å². The summed E-state index contributed by atoms with van der Waals surface area (Å²) in [6.07, 6.45) is 1.81. The topological polar surface area (TPSA) is 12.9 Å². The maximum absolute atomic E-state index is 12.9. The summed E-state index contributed by atoms with van der Waals surface area (Å²) in [6.45, 7) is 4.23. The van der Waals surface area contributed by atoms with Crippen LogP contribution in [0.2, 0.25) is 0 Å². The second-order valence-corrected chi connectivity index (χ2v) is 3.76. The average molecular weight is 189 g/mol. The van der Waals surface area contributed by atoms with Crippen LogP contribution in [-0.4, -0.2) is 4.98 Å². The average Bonchev–Trinajstić information content (AvgIpc) is 2.16. The third kappa shape index (κ3) is 1.60. The lowest BCUT2D eigenvalue weighted by molar-refractivity contribution is 0.629. The third-order valence-corrected chi connectivity index (χ3v) is 2.33. The number of aromatic nitrogens is 1. The van der Waals surface area contributed by atoms with E-state index >= 15 is 0 Å². The molecule has 0 atom stereocenters. The summed E-state index contributed by atoms with van der Waals surface area (Å²) in [5.41, 5.74) is 1.90. The van der Waals surface area contributed by atoms with Gasteiger partial charge in [0.05, 0.1) is 5.52 Å². The Labute approximate surface area is 82.6 Å². The van der Waals surface area contributed by atoms with Gasteiger partial charge < -0.3 is 0 Å². The van der Waals surface area contributed by atoms with E-state index in [0.29, 0.717) is 5.92 Å². The Hall–Kier alpha value is -1.44. The fourth-order valence-corrected chi connectivity index (χ4v) is 1.43. The Bertz CT molecular complexity index is 463. The highest BCUT2D eigenvalue weighted by molar-refractivity contribution is 5.78. The van der Waals surface area contributed by atoms with E-state index in [4.69, 9.17) is 0 Å². The van der Waals surface area contributed by atoms with Crippen molar-refractivity contribution in [1.29, 1.82) is 0 Å². The van der Waals surface area contributed by atoms with Crippen LogP contribution in [0, 0.1) is 5.82 Å². The van der Waals surface area contributed by atoms with Crippen LogP contribution < -0.4 is 0 Å². The number of fused-ring (bicyclic) bond motifs is 1. The molecule has 0 N–H and O–H groups in total. The highest BCUT2D eigenvalue weighted by Gasteiger charge is 2.02. The monoisotopic (exact) mass is 189 g/mol. The van der Waals surface area contributed by atoms with Gasteiger partial charge in [-0.15, -0.1) is 0 Å². The van der Waals surface area contributed by atoms with Gasteiger partial charge in [-0.1, -0.05) is 13.8 Å². The van der Waals surface area contributed by atoms with Crippen molar-refractivity contribution in [1.82, 2.24) is 4.98 Å². The number of halogens is 1. The zero-order valence-corrected chi connectivity index (χ0v) is 8.29. The molecule has 0 bridgehead atoms. The quantitative estimate of drug-likeness (QED) is 0.669. The molecule has 2 aromatic rings. The molecule has 0 amide bonds. The van der Waals surface area contributed by atoms with E-state index in [1.54, 1.807) is 6.07 Å². The molecular formula is C12H12FN. The van der Waals surface area contributed by atoms with Crippen molar-refractivity contribution < 1.29 is 4.39 Å². The van der Waals surface area contributed by atoms with E-state index in [2.05, 4.69) is 24.9 Å². The van der Waals surface area contributed by atoms with Gasteiger partial charge in [-0.3, -0.25) is 4.98 Å². The number of hydrogen-bond donors (Lipinski definition) is 0. The van der Waals surface area contributed by atoms with Crippen molar-refractivity contribution >= 4 is 10.9 Å². The van der Waals surface area contributed by atoms with E-state index < -0.39 is 0 Å². The number of rotatable bonds is 1. The fraction of sp³-hybridized carbons (Fsp3) is 0.250. The predicted octanol–water partition coefficient (Wildman–Crippen LogP) is 3.50. The first-order valence-corrected chi connectivity index (χ1v) is 4.72. The number of benzene rings is 1. The maximum Gasteiger partial charge on any atom is 0.125 e. The third-order valence-electron chi connectivity index (χ3n) is 2.33. The molecule has 1 heterocycles. The van der Waals surface area contributed by atoms with Crippen molar-refractivity contribution in [2.45, 2.75) is 19.8 Å².